The van der Waals surface area contributed by atoms with Crippen LogP contribution in [0.2, 0.25) is 0 Å². The van der Waals surface area contributed by atoms with Crippen molar-refractivity contribution in [3.8, 4) is 11.4 Å². The third-order valence-electron chi connectivity index (χ3n) is 6.73. The average molecular weight is 628 g/mol. The van der Waals surface area contributed by atoms with E-state index in [9.17, 15) is 9.59 Å². The Hall–Kier alpha value is -4.62. The number of rotatable bonds is 15. The fourth-order valence-corrected chi connectivity index (χ4v) is 6.07. The minimum atomic E-state index is -0.413. The van der Waals surface area contributed by atoms with Crippen molar-refractivity contribution in [2.45, 2.75) is 30.1 Å². The summed E-state index contributed by atoms with van der Waals surface area (Å²) >= 11 is 2.54. The number of thioether (sulfide) groups is 2. The molecule has 11 nitrogen and oxygen atoms in total. The van der Waals surface area contributed by atoms with E-state index in [0.29, 0.717) is 36.2 Å². The Kier molecular flexibility index (Phi) is 10.3. The molecule has 0 saturated carbocycles. The van der Waals surface area contributed by atoms with Gasteiger partial charge in [-0.3, -0.25) is 18.7 Å². The maximum atomic E-state index is 11.5. The van der Waals surface area contributed by atoms with Crippen molar-refractivity contribution in [1.29, 1.82) is 0 Å². The van der Waals surface area contributed by atoms with E-state index in [-0.39, 0.29) is 11.5 Å². The van der Waals surface area contributed by atoms with E-state index in [1.54, 1.807) is 0 Å². The van der Waals surface area contributed by atoms with E-state index < -0.39 is 11.8 Å². The van der Waals surface area contributed by atoms with Crippen LogP contribution in [0.3, 0.4) is 0 Å². The molecule has 0 fully saturated rings. The Morgan fingerprint density at radius 3 is 1.50 bits per heavy atom. The highest BCUT2D eigenvalue weighted by molar-refractivity contribution is 8.00. The molecule has 0 bridgehead atoms. The summed E-state index contributed by atoms with van der Waals surface area (Å²) in [5.74, 6) is 0.953. The van der Waals surface area contributed by atoms with E-state index >= 15 is 0 Å². The number of anilines is 1. The molecule has 2 aromatic heterocycles. The number of carbonyl (C=O) groups is 2. The molecule has 44 heavy (non-hydrogen) atoms. The van der Waals surface area contributed by atoms with Crippen LogP contribution in [0.5, 0.6) is 0 Å². The molecule has 0 atom stereocenters. The second kappa shape index (κ2) is 14.7. The molecule has 2 heterocycles. The first-order chi connectivity index (χ1) is 21.4. The molecule has 2 amide bonds. The standard InChI is InChI=1S/C31H33N9O2S2/c1-22-12-14-23(15-13-22)38(18-16-28-34-36-30(43-20-26(32)41)39(28)24-8-4-2-5-9-24)19-17-29-35-37-31(44-21-27(33)42)40(29)25-10-6-3-7-11-25/h2-15H,16-21H2,1H3,(H2,32,41)(H2,33,42). The first kappa shape index (κ1) is 30.8. The number of para-hydroxylation sites is 2. The van der Waals surface area contributed by atoms with Crippen LogP contribution >= 0.6 is 23.5 Å². The minimum absolute atomic E-state index is 0.113. The maximum Gasteiger partial charge on any atom is 0.227 e. The molecule has 0 aliphatic heterocycles. The number of benzene rings is 3. The lowest BCUT2D eigenvalue weighted by atomic mass is 10.2. The van der Waals surface area contributed by atoms with Gasteiger partial charge in [0, 0.05) is 43.0 Å². The van der Waals surface area contributed by atoms with Crippen LogP contribution < -0.4 is 16.4 Å². The molecular weight excluding hydrogens is 595 g/mol. The summed E-state index contributed by atoms with van der Waals surface area (Å²) in [7, 11) is 0. The van der Waals surface area contributed by atoms with E-state index in [2.05, 4.69) is 56.5 Å². The van der Waals surface area contributed by atoms with Gasteiger partial charge in [0.05, 0.1) is 11.5 Å². The summed E-state index contributed by atoms with van der Waals surface area (Å²) in [6.07, 6.45) is 1.19. The number of hydrogen-bond donors (Lipinski definition) is 2. The van der Waals surface area contributed by atoms with Crippen molar-refractivity contribution in [2.24, 2.45) is 11.5 Å². The molecule has 0 radical (unpaired) electrons. The van der Waals surface area contributed by atoms with Gasteiger partial charge in [-0.25, -0.2) is 0 Å². The number of nitrogens with two attached hydrogens (primary N) is 2. The van der Waals surface area contributed by atoms with Crippen LogP contribution in [0, 0.1) is 6.92 Å². The van der Waals surface area contributed by atoms with Crippen LogP contribution in [-0.4, -0.2) is 65.9 Å². The number of aryl methyl sites for hydroxylation is 1. The lowest BCUT2D eigenvalue weighted by Gasteiger charge is -2.25. The quantitative estimate of drug-likeness (QED) is 0.166. The minimum Gasteiger partial charge on any atom is -0.371 e. The lowest BCUT2D eigenvalue weighted by Crippen LogP contribution is -2.29. The molecule has 5 rings (SSSR count). The molecule has 226 valence electrons. The van der Waals surface area contributed by atoms with Gasteiger partial charge in [0.15, 0.2) is 10.3 Å². The highest BCUT2D eigenvalue weighted by Crippen LogP contribution is 2.25. The molecule has 4 N–H and O–H groups in total. The maximum absolute atomic E-state index is 11.5. The second-order valence-electron chi connectivity index (χ2n) is 9.97. The second-order valence-corrected chi connectivity index (χ2v) is 11.9. The van der Waals surface area contributed by atoms with Gasteiger partial charge in [-0.15, -0.1) is 20.4 Å². The molecule has 0 saturated heterocycles. The number of hydrogen-bond acceptors (Lipinski definition) is 9. The summed E-state index contributed by atoms with van der Waals surface area (Å²) in [5, 5.41) is 19.0. The summed E-state index contributed by atoms with van der Waals surface area (Å²) in [6, 6.07) is 28.1. The Morgan fingerprint density at radius 2 is 1.09 bits per heavy atom. The zero-order valence-electron chi connectivity index (χ0n) is 24.2. The number of carbonyl (C=O) groups excluding carboxylic acids is 2. The third kappa shape index (κ3) is 7.85. The molecule has 0 aliphatic rings. The Labute approximate surface area is 264 Å². The number of amides is 2. The molecule has 5 aromatic rings. The molecule has 13 heteroatoms. The molecular formula is C31H33N9O2S2. The third-order valence-corrected chi connectivity index (χ3v) is 8.63. The topological polar surface area (TPSA) is 151 Å². The predicted octanol–water partition coefficient (Wildman–Crippen LogP) is 3.60. The van der Waals surface area contributed by atoms with Gasteiger partial charge < -0.3 is 16.4 Å². The van der Waals surface area contributed by atoms with Crippen molar-refractivity contribution in [2.75, 3.05) is 29.5 Å². The van der Waals surface area contributed by atoms with Crippen molar-refractivity contribution in [3.05, 3.63) is 102 Å². The van der Waals surface area contributed by atoms with Gasteiger partial charge in [-0.2, -0.15) is 0 Å². The van der Waals surface area contributed by atoms with Crippen LogP contribution in [0.15, 0.2) is 95.2 Å². The van der Waals surface area contributed by atoms with Crippen LogP contribution in [0.1, 0.15) is 17.2 Å². The van der Waals surface area contributed by atoms with Crippen LogP contribution in [0.25, 0.3) is 11.4 Å². The molecule has 3 aromatic carbocycles. The van der Waals surface area contributed by atoms with Gasteiger partial charge in [0.2, 0.25) is 11.8 Å². The van der Waals surface area contributed by atoms with Crippen molar-refractivity contribution >= 4 is 41.0 Å². The van der Waals surface area contributed by atoms with Crippen molar-refractivity contribution in [1.82, 2.24) is 29.5 Å². The summed E-state index contributed by atoms with van der Waals surface area (Å²) < 4.78 is 3.96. The van der Waals surface area contributed by atoms with Gasteiger partial charge in [0.1, 0.15) is 11.6 Å². The fraction of sp³-hybridized carbons (Fsp3) is 0.226. The van der Waals surface area contributed by atoms with Crippen LogP contribution in [-0.2, 0) is 22.4 Å². The largest absolute Gasteiger partial charge is 0.371 e. The Bertz CT molecular complexity index is 1590. The van der Waals surface area contributed by atoms with E-state index in [0.717, 1.165) is 28.7 Å². The highest BCUT2D eigenvalue weighted by atomic mass is 32.2. The lowest BCUT2D eigenvalue weighted by molar-refractivity contribution is -0.116. The Morgan fingerprint density at radius 1 is 0.659 bits per heavy atom. The van der Waals surface area contributed by atoms with E-state index in [4.69, 9.17) is 11.5 Å². The monoisotopic (exact) mass is 627 g/mol. The average Bonchev–Trinajstić information content (AvgIpc) is 3.64. The molecule has 0 spiro atoms. The van der Waals surface area contributed by atoms with Crippen molar-refractivity contribution in [3.63, 3.8) is 0 Å². The predicted molar refractivity (Wildman–Crippen MR) is 173 cm³/mol. The molecule has 0 unspecified atom stereocenters. The number of primary amides is 2. The van der Waals surface area contributed by atoms with Gasteiger partial charge in [-0.05, 0) is 43.3 Å². The number of aromatic nitrogens is 6. The van der Waals surface area contributed by atoms with Gasteiger partial charge in [0.25, 0.3) is 0 Å². The summed E-state index contributed by atoms with van der Waals surface area (Å²) in [4.78, 5) is 25.3. The van der Waals surface area contributed by atoms with Crippen LogP contribution in [0.4, 0.5) is 5.69 Å². The van der Waals surface area contributed by atoms with E-state index in [1.165, 1.54) is 29.1 Å². The normalized spacial score (nSPS) is 11.0. The smallest absolute Gasteiger partial charge is 0.227 e. The first-order valence-corrected chi connectivity index (χ1v) is 16.0. The zero-order chi connectivity index (χ0) is 30.9. The summed E-state index contributed by atoms with van der Waals surface area (Å²) in [6.45, 7) is 3.36. The van der Waals surface area contributed by atoms with Gasteiger partial charge in [-0.1, -0.05) is 77.6 Å². The first-order valence-electron chi connectivity index (χ1n) is 14.0. The highest BCUT2D eigenvalue weighted by Gasteiger charge is 2.19. The number of nitrogens with zero attached hydrogens (tertiary/aromatic N) is 7. The summed E-state index contributed by atoms with van der Waals surface area (Å²) in [5.41, 5.74) is 14.9. The SMILES string of the molecule is Cc1ccc(N(CCc2nnc(SCC(N)=O)n2-c2ccccc2)CCc2nnc(SCC(N)=O)n2-c2ccccc2)cc1. The molecule has 0 aliphatic carbocycles. The zero-order valence-corrected chi connectivity index (χ0v) is 25.9. The fourth-order valence-electron chi connectivity index (χ4n) is 4.65. The van der Waals surface area contributed by atoms with Crippen molar-refractivity contribution < 1.29 is 9.59 Å². The Balaban J connectivity index is 1.41. The van der Waals surface area contributed by atoms with E-state index in [1.807, 2.05) is 69.8 Å². The van der Waals surface area contributed by atoms with Gasteiger partial charge >= 0.3 is 0 Å².